The Bertz CT molecular complexity index is 433. The second kappa shape index (κ2) is 5.91. The van der Waals surface area contributed by atoms with E-state index in [4.69, 9.17) is 17.0 Å². The number of thiocarbonyl (C=S) groups is 1. The molecule has 1 aromatic rings. The van der Waals surface area contributed by atoms with E-state index in [-0.39, 0.29) is 0 Å². The zero-order valence-corrected chi connectivity index (χ0v) is 12.2. The number of phenolic OH excluding ortho intramolecular Hbond substituents is 1. The van der Waals surface area contributed by atoms with E-state index in [1.807, 2.05) is 26.0 Å². The van der Waals surface area contributed by atoms with Crippen molar-refractivity contribution >= 4 is 28.3 Å². The molecular weight excluding hydrogens is 266 g/mol. The summed E-state index contributed by atoms with van der Waals surface area (Å²) >= 11 is 7.01. The van der Waals surface area contributed by atoms with Gasteiger partial charge in [-0.05, 0) is 30.5 Å². The monoisotopic (exact) mass is 283 g/mol. The molecule has 0 atom stereocenters. The van der Waals surface area contributed by atoms with Gasteiger partial charge < -0.3 is 14.7 Å². The molecule has 0 radical (unpaired) electrons. The smallest absolute Gasteiger partial charge is 0.138 e. The summed E-state index contributed by atoms with van der Waals surface area (Å²) in [7, 11) is 0. The van der Waals surface area contributed by atoms with E-state index < -0.39 is 0 Å². The lowest BCUT2D eigenvalue weighted by atomic mass is 10.1. The number of benzene rings is 1. The van der Waals surface area contributed by atoms with Crippen LogP contribution in [-0.4, -0.2) is 34.2 Å². The molecule has 1 heterocycles. The maximum Gasteiger partial charge on any atom is 0.138 e. The van der Waals surface area contributed by atoms with E-state index >= 15 is 0 Å². The molecule has 0 unspecified atom stereocenters. The van der Waals surface area contributed by atoms with Crippen LogP contribution in [0.25, 0.3) is 0 Å². The number of phenols is 1. The van der Waals surface area contributed by atoms with Crippen LogP contribution in [0.4, 0.5) is 0 Å². The Balaban J connectivity index is 1.95. The Morgan fingerprint density at radius 2 is 2.11 bits per heavy atom. The van der Waals surface area contributed by atoms with Crippen LogP contribution in [0.15, 0.2) is 12.1 Å². The van der Waals surface area contributed by atoms with Crippen LogP contribution >= 0.6 is 24.0 Å². The third-order valence-electron chi connectivity index (χ3n) is 2.92. The van der Waals surface area contributed by atoms with Gasteiger partial charge >= 0.3 is 0 Å². The molecule has 0 saturated carbocycles. The topological polar surface area (TPSA) is 32.7 Å². The van der Waals surface area contributed by atoms with E-state index in [0.29, 0.717) is 12.5 Å². The maximum atomic E-state index is 9.72. The molecule has 1 fully saturated rings. The summed E-state index contributed by atoms with van der Waals surface area (Å²) < 4.78 is 6.16. The first-order valence-corrected chi connectivity index (χ1v) is 7.26. The number of thioether (sulfide) groups is 1. The predicted octanol–water partition coefficient (Wildman–Crippen LogP) is 2.82. The highest BCUT2D eigenvalue weighted by Gasteiger charge is 2.15. The number of nitrogens with zero attached hydrogens (tertiary/aromatic N) is 1. The highest BCUT2D eigenvalue weighted by Crippen LogP contribution is 2.26. The van der Waals surface area contributed by atoms with Crippen LogP contribution < -0.4 is 0 Å². The minimum absolute atomic E-state index is 0.388. The Labute approximate surface area is 117 Å². The largest absolute Gasteiger partial charge is 0.507 e. The highest BCUT2D eigenvalue weighted by molar-refractivity contribution is 8.22. The fraction of sp³-hybridized carbons (Fsp3) is 0.462. The van der Waals surface area contributed by atoms with Gasteiger partial charge in [0.2, 0.25) is 0 Å². The van der Waals surface area contributed by atoms with E-state index in [1.165, 1.54) is 5.56 Å². The first-order chi connectivity index (χ1) is 8.58. The summed E-state index contributed by atoms with van der Waals surface area (Å²) in [5, 5.41) is 9.72. The number of aromatic hydroxyl groups is 1. The highest BCUT2D eigenvalue weighted by atomic mass is 32.2. The lowest BCUT2D eigenvalue weighted by Crippen LogP contribution is -2.23. The molecule has 1 saturated heterocycles. The van der Waals surface area contributed by atoms with Crippen LogP contribution in [-0.2, 0) is 10.5 Å². The van der Waals surface area contributed by atoms with Gasteiger partial charge in [-0.2, -0.15) is 0 Å². The second-order valence-electron chi connectivity index (χ2n) is 4.43. The molecule has 18 heavy (non-hydrogen) atoms. The molecule has 0 aliphatic carbocycles. The summed E-state index contributed by atoms with van der Waals surface area (Å²) in [6.45, 7) is 6.10. The molecule has 2 rings (SSSR count). The predicted molar refractivity (Wildman–Crippen MR) is 79.0 cm³/mol. The quantitative estimate of drug-likeness (QED) is 0.844. The van der Waals surface area contributed by atoms with Crippen molar-refractivity contribution in [1.82, 2.24) is 4.90 Å². The Kier molecular flexibility index (Phi) is 4.48. The molecule has 3 nitrogen and oxygen atoms in total. The van der Waals surface area contributed by atoms with Crippen molar-refractivity contribution in [2.24, 2.45) is 0 Å². The molecule has 98 valence electrons. The summed E-state index contributed by atoms with van der Waals surface area (Å²) in [6, 6.07) is 4.02. The van der Waals surface area contributed by atoms with Crippen LogP contribution in [0.3, 0.4) is 0 Å². The Morgan fingerprint density at radius 3 is 2.67 bits per heavy atom. The van der Waals surface area contributed by atoms with Crippen molar-refractivity contribution in [2.75, 3.05) is 19.9 Å². The number of hydrogen-bond acceptors (Lipinski definition) is 4. The lowest BCUT2D eigenvalue weighted by Gasteiger charge is -2.16. The van der Waals surface area contributed by atoms with Gasteiger partial charge in [0.25, 0.3) is 0 Å². The van der Waals surface area contributed by atoms with Crippen molar-refractivity contribution in [2.45, 2.75) is 19.6 Å². The molecule has 1 aliphatic heterocycles. The van der Waals surface area contributed by atoms with Crippen molar-refractivity contribution in [3.63, 3.8) is 0 Å². The minimum atomic E-state index is 0.388. The lowest BCUT2D eigenvalue weighted by molar-refractivity contribution is 0.170. The van der Waals surface area contributed by atoms with Crippen LogP contribution in [0.1, 0.15) is 16.7 Å². The average Bonchev–Trinajstić information content (AvgIpc) is 2.86. The standard InChI is InChI=1S/C13H17NO2S2/c1-9-5-11(6-10(2)12(9)15)7-18-13(17)14-3-4-16-8-14/h5-6,15H,3-4,7-8H2,1-2H3. The number of ether oxygens (including phenoxy) is 1. The Morgan fingerprint density at radius 1 is 1.44 bits per heavy atom. The molecule has 1 aliphatic rings. The fourth-order valence-electron chi connectivity index (χ4n) is 1.92. The minimum Gasteiger partial charge on any atom is -0.507 e. The molecule has 5 heteroatoms. The van der Waals surface area contributed by atoms with Crippen molar-refractivity contribution in [3.05, 3.63) is 28.8 Å². The maximum absolute atomic E-state index is 9.72. The number of hydrogen-bond donors (Lipinski definition) is 1. The van der Waals surface area contributed by atoms with Gasteiger partial charge in [-0.3, -0.25) is 0 Å². The van der Waals surface area contributed by atoms with Crippen molar-refractivity contribution in [1.29, 1.82) is 0 Å². The molecule has 0 bridgehead atoms. The van der Waals surface area contributed by atoms with E-state index in [9.17, 15) is 5.11 Å². The number of aryl methyl sites for hydroxylation is 2. The van der Waals surface area contributed by atoms with Gasteiger partial charge in [-0.15, -0.1) is 0 Å². The van der Waals surface area contributed by atoms with Gasteiger partial charge in [0.15, 0.2) is 0 Å². The van der Waals surface area contributed by atoms with Gasteiger partial charge in [-0.1, -0.05) is 36.1 Å². The number of rotatable bonds is 2. The normalized spacial score (nSPS) is 15.1. The van der Waals surface area contributed by atoms with E-state index in [2.05, 4.69) is 4.90 Å². The Hall–Kier alpha value is -0.780. The first-order valence-electron chi connectivity index (χ1n) is 5.86. The van der Waals surface area contributed by atoms with Crippen molar-refractivity contribution in [3.8, 4) is 5.75 Å². The van der Waals surface area contributed by atoms with Gasteiger partial charge in [0.1, 0.15) is 16.8 Å². The van der Waals surface area contributed by atoms with Crippen LogP contribution in [0.5, 0.6) is 5.75 Å². The van der Waals surface area contributed by atoms with E-state index in [1.54, 1.807) is 11.8 Å². The second-order valence-corrected chi connectivity index (χ2v) is 6.04. The fourth-order valence-corrected chi connectivity index (χ4v) is 3.03. The summed E-state index contributed by atoms with van der Waals surface area (Å²) in [4.78, 5) is 2.07. The van der Waals surface area contributed by atoms with Crippen LogP contribution in [0.2, 0.25) is 0 Å². The van der Waals surface area contributed by atoms with Gasteiger partial charge in [-0.25, -0.2) is 0 Å². The molecule has 1 aromatic carbocycles. The molecule has 0 amide bonds. The summed E-state index contributed by atoms with van der Waals surface area (Å²) in [6.07, 6.45) is 0. The zero-order chi connectivity index (χ0) is 13.1. The van der Waals surface area contributed by atoms with Crippen LogP contribution in [0, 0.1) is 13.8 Å². The average molecular weight is 283 g/mol. The third kappa shape index (κ3) is 3.16. The summed E-state index contributed by atoms with van der Waals surface area (Å²) in [5.74, 6) is 1.22. The molecular formula is C13H17NO2S2. The third-order valence-corrected chi connectivity index (χ3v) is 4.52. The van der Waals surface area contributed by atoms with Gasteiger partial charge in [0.05, 0.1) is 6.61 Å². The molecule has 1 N–H and O–H groups in total. The van der Waals surface area contributed by atoms with Gasteiger partial charge in [0, 0.05) is 12.3 Å². The summed E-state index contributed by atoms with van der Waals surface area (Å²) in [5.41, 5.74) is 3.03. The molecule has 0 aromatic heterocycles. The van der Waals surface area contributed by atoms with E-state index in [0.717, 1.165) is 34.4 Å². The SMILES string of the molecule is Cc1cc(CSC(=S)N2CCOC2)cc(C)c1O. The zero-order valence-electron chi connectivity index (χ0n) is 10.6. The van der Waals surface area contributed by atoms with Crippen molar-refractivity contribution < 1.29 is 9.84 Å². The first kappa shape index (κ1) is 13.6. The molecule has 0 spiro atoms.